The zero-order chi connectivity index (χ0) is 18.7. The smallest absolute Gasteiger partial charge is 0.355 e. The second kappa shape index (κ2) is 7.88. The first-order chi connectivity index (χ1) is 12.5. The number of hydrogen-bond acceptors (Lipinski definition) is 6. The summed E-state index contributed by atoms with van der Waals surface area (Å²) in [4.78, 5) is 17.5. The fourth-order valence-corrected chi connectivity index (χ4v) is 3.66. The lowest BCUT2D eigenvalue weighted by molar-refractivity contribution is 0.0737. The van der Waals surface area contributed by atoms with Crippen molar-refractivity contribution < 1.29 is 19.0 Å². The Morgan fingerprint density at radius 3 is 2.46 bits per heavy atom. The van der Waals surface area contributed by atoms with Gasteiger partial charge >= 0.3 is 5.97 Å². The lowest BCUT2D eigenvalue weighted by Gasteiger charge is -2.08. The molecule has 0 atom stereocenters. The molecule has 0 saturated heterocycles. The van der Waals surface area contributed by atoms with Gasteiger partial charge in [-0.2, -0.15) is 0 Å². The van der Waals surface area contributed by atoms with Crippen molar-refractivity contribution in [1.82, 2.24) is 4.98 Å². The molecule has 0 spiro atoms. The van der Waals surface area contributed by atoms with E-state index in [-0.39, 0.29) is 0 Å². The summed E-state index contributed by atoms with van der Waals surface area (Å²) < 4.78 is 16.8. The molecule has 0 radical (unpaired) electrons. The van der Waals surface area contributed by atoms with E-state index in [1.165, 1.54) is 11.3 Å². The number of esters is 1. The second-order valence-electron chi connectivity index (χ2n) is 5.32. The lowest BCUT2D eigenvalue weighted by atomic mass is 10.2. The average Bonchev–Trinajstić information content (AvgIpc) is 3.04. The van der Waals surface area contributed by atoms with Gasteiger partial charge in [-0.25, -0.2) is 9.78 Å². The van der Waals surface area contributed by atoms with E-state index < -0.39 is 5.97 Å². The number of para-hydroxylation sites is 1. The largest absolute Gasteiger partial charge is 0.493 e. The van der Waals surface area contributed by atoms with Crippen molar-refractivity contribution in [1.29, 1.82) is 0 Å². The Morgan fingerprint density at radius 2 is 1.77 bits per heavy atom. The maximum absolute atomic E-state index is 12.5. The number of thiazole rings is 1. The number of carbonyl (C=O) groups is 1. The molecule has 3 aromatic rings. The number of carbonyl (C=O) groups excluding carboxylic acids is 1. The summed E-state index contributed by atoms with van der Waals surface area (Å²) in [6, 6.07) is 12.7. The Kier molecular flexibility index (Phi) is 5.58. The molecule has 1 aromatic heterocycles. The summed E-state index contributed by atoms with van der Waals surface area (Å²) in [5.74, 6) is 1.28. The number of aryl methyl sites for hydroxylation is 1. The normalized spacial score (nSPS) is 10.5. The molecular weight excluding hydrogens is 418 g/mol. The average molecular weight is 434 g/mol. The SMILES string of the molecule is COc1ccc(-c2nc(C)c(C(=O)Oc3ccccc3Br)s2)cc1OC. The number of nitrogens with zero attached hydrogens (tertiary/aromatic N) is 1. The van der Waals surface area contributed by atoms with E-state index >= 15 is 0 Å². The van der Waals surface area contributed by atoms with Gasteiger partial charge in [0, 0.05) is 5.56 Å². The minimum atomic E-state index is -0.432. The molecule has 26 heavy (non-hydrogen) atoms. The first-order valence-corrected chi connectivity index (χ1v) is 9.31. The summed E-state index contributed by atoms with van der Waals surface area (Å²) >= 11 is 4.65. The molecule has 0 fully saturated rings. The quantitative estimate of drug-likeness (QED) is 0.412. The van der Waals surface area contributed by atoms with Crippen molar-refractivity contribution >= 4 is 33.2 Å². The number of aromatic nitrogens is 1. The van der Waals surface area contributed by atoms with Gasteiger partial charge in [0.25, 0.3) is 0 Å². The maximum atomic E-state index is 12.5. The van der Waals surface area contributed by atoms with Crippen molar-refractivity contribution in [2.75, 3.05) is 14.2 Å². The van der Waals surface area contributed by atoms with Crippen molar-refractivity contribution in [2.45, 2.75) is 6.92 Å². The number of benzene rings is 2. The molecule has 1 heterocycles. The Bertz CT molecular complexity index is 954. The molecular formula is C19H16BrNO4S. The molecule has 0 unspecified atom stereocenters. The van der Waals surface area contributed by atoms with Crippen molar-refractivity contribution in [3.63, 3.8) is 0 Å². The molecule has 0 bridgehead atoms. The molecule has 3 rings (SSSR count). The van der Waals surface area contributed by atoms with Crippen LogP contribution in [0.1, 0.15) is 15.4 Å². The van der Waals surface area contributed by atoms with E-state index in [9.17, 15) is 4.79 Å². The maximum Gasteiger partial charge on any atom is 0.355 e. The Hall–Kier alpha value is -2.38. The van der Waals surface area contributed by atoms with Crippen LogP contribution in [0.15, 0.2) is 46.9 Å². The lowest BCUT2D eigenvalue weighted by Crippen LogP contribution is -2.08. The van der Waals surface area contributed by atoms with E-state index in [2.05, 4.69) is 20.9 Å². The number of halogens is 1. The van der Waals surface area contributed by atoms with Gasteiger partial charge in [0.1, 0.15) is 15.6 Å². The Morgan fingerprint density at radius 1 is 1.04 bits per heavy atom. The predicted octanol–water partition coefficient (Wildman–Crippen LogP) is 5.12. The summed E-state index contributed by atoms with van der Waals surface area (Å²) in [6.07, 6.45) is 0. The van der Waals surface area contributed by atoms with Crippen LogP contribution in [0.2, 0.25) is 0 Å². The van der Waals surface area contributed by atoms with Gasteiger partial charge in [0.05, 0.1) is 24.4 Å². The molecule has 0 aliphatic carbocycles. The van der Waals surface area contributed by atoms with Gasteiger partial charge in [-0.15, -0.1) is 11.3 Å². The van der Waals surface area contributed by atoms with Gasteiger partial charge in [-0.3, -0.25) is 0 Å². The Balaban J connectivity index is 1.90. The molecule has 0 aliphatic heterocycles. The van der Waals surface area contributed by atoms with Crippen LogP contribution in [0.5, 0.6) is 17.2 Å². The molecule has 2 aromatic carbocycles. The van der Waals surface area contributed by atoms with Crippen molar-refractivity contribution in [3.05, 3.63) is 57.5 Å². The van der Waals surface area contributed by atoms with Gasteiger partial charge in [-0.05, 0) is 53.2 Å². The fraction of sp³-hybridized carbons (Fsp3) is 0.158. The molecule has 5 nitrogen and oxygen atoms in total. The first-order valence-electron chi connectivity index (χ1n) is 7.70. The van der Waals surface area contributed by atoms with Crippen molar-refractivity contribution in [3.8, 4) is 27.8 Å². The molecule has 0 N–H and O–H groups in total. The van der Waals surface area contributed by atoms with Crippen LogP contribution in [0.3, 0.4) is 0 Å². The summed E-state index contributed by atoms with van der Waals surface area (Å²) in [6.45, 7) is 1.79. The zero-order valence-corrected chi connectivity index (χ0v) is 16.8. The molecule has 0 saturated carbocycles. The van der Waals surface area contributed by atoms with Crippen LogP contribution >= 0.6 is 27.3 Å². The number of rotatable bonds is 5. The highest BCUT2D eigenvalue weighted by Crippen LogP contribution is 2.35. The third-order valence-electron chi connectivity index (χ3n) is 3.65. The van der Waals surface area contributed by atoms with E-state index in [0.717, 1.165) is 10.0 Å². The molecule has 134 valence electrons. The van der Waals surface area contributed by atoms with E-state index in [0.29, 0.717) is 32.8 Å². The van der Waals surface area contributed by atoms with Gasteiger partial charge < -0.3 is 14.2 Å². The van der Waals surface area contributed by atoms with Gasteiger partial charge in [0.2, 0.25) is 0 Å². The van der Waals surface area contributed by atoms with E-state index in [4.69, 9.17) is 14.2 Å². The van der Waals surface area contributed by atoms with Crippen LogP contribution in [0, 0.1) is 6.92 Å². The van der Waals surface area contributed by atoms with Crippen LogP contribution < -0.4 is 14.2 Å². The highest BCUT2D eigenvalue weighted by Gasteiger charge is 2.20. The third kappa shape index (κ3) is 3.73. The van der Waals surface area contributed by atoms with Crippen LogP contribution in [0.25, 0.3) is 10.6 Å². The second-order valence-corrected chi connectivity index (χ2v) is 7.18. The third-order valence-corrected chi connectivity index (χ3v) is 5.49. The summed E-state index contributed by atoms with van der Waals surface area (Å²) in [5, 5.41) is 0.711. The molecule has 0 aliphatic rings. The highest BCUT2D eigenvalue weighted by molar-refractivity contribution is 9.10. The Labute approximate surface area is 163 Å². The fourth-order valence-electron chi connectivity index (χ4n) is 2.35. The van der Waals surface area contributed by atoms with Gasteiger partial charge in [0.15, 0.2) is 11.5 Å². The summed E-state index contributed by atoms with van der Waals surface area (Å²) in [7, 11) is 3.16. The number of hydrogen-bond donors (Lipinski definition) is 0. The summed E-state index contributed by atoms with van der Waals surface area (Å²) in [5.41, 5.74) is 1.47. The zero-order valence-electron chi connectivity index (χ0n) is 14.4. The number of methoxy groups -OCH3 is 2. The minimum absolute atomic E-state index is 0.432. The topological polar surface area (TPSA) is 57.7 Å². The minimum Gasteiger partial charge on any atom is -0.493 e. The first kappa shape index (κ1) is 18.4. The molecule has 0 amide bonds. The van der Waals surface area contributed by atoms with Gasteiger partial charge in [-0.1, -0.05) is 12.1 Å². The van der Waals surface area contributed by atoms with Crippen LogP contribution in [-0.2, 0) is 0 Å². The van der Waals surface area contributed by atoms with Crippen molar-refractivity contribution in [2.24, 2.45) is 0 Å². The molecule has 7 heteroatoms. The van der Waals surface area contributed by atoms with E-state index in [1.807, 2.05) is 36.4 Å². The van der Waals surface area contributed by atoms with E-state index in [1.54, 1.807) is 27.2 Å². The highest BCUT2D eigenvalue weighted by atomic mass is 79.9. The standard InChI is InChI=1S/C19H16BrNO4S/c1-11-17(19(22)25-14-7-5-4-6-13(14)20)26-18(21-11)12-8-9-15(23-2)16(10-12)24-3/h4-10H,1-3H3. The predicted molar refractivity (Wildman–Crippen MR) is 104 cm³/mol. The monoisotopic (exact) mass is 433 g/mol. The number of ether oxygens (including phenoxy) is 3. The van der Waals surface area contributed by atoms with Crippen LogP contribution in [-0.4, -0.2) is 25.2 Å². The van der Waals surface area contributed by atoms with Crippen LogP contribution in [0.4, 0.5) is 0 Å².